The predicted octanol–water partition coefficient (Wildman–Crippen LogP) is 1.70. The van der Waals surface area contributed by atoms with Crippen molar-refractivity contribution in [3.63, 3.8) is 0 Å². The quantitative estimate of drug-likeness (QED) is 0.760. The lowest BCUT2D eigenvalue weighted by atomic mass is 10.1. The number of benzene rings is 1. The molecule has 5 nitrogen and oxygen atoms in total. The van der Waals surface area contributed by atoms with Gasteiger partial charge in [-0.3, -0.25) is 15.1 Å². The lowest BCUT2D eigenvalue weighted by Gasteiger charge is -2.14. The summed E-state index contributed by atoms with van der Waals surface area (Å²) in [5.41, 5.74) is 1.36. The fraction of sp³-hybridized carbons (Fsp3) is 0.143. The highest BCUT2D eigenvalue weighted by Crippen LogP contribution is 2.14. The molecular weight excluding hydrogens is 244 g/mol. The van der Waals surface area contributed by atoms with Gasteiger partial charge in [0.05, 0.1) is 11.9 Å². The van der Waals surface area contributed by atoms with E-state index in [1.165, 1.54) is 12.3 Å². The van der Waals surface area contributed by atoms with E-state index in [0.717, 1.165) is 0 Å². The van der Waals surface area contributed by atoms with Crippen molar-refractivity contribution in [3.05, 3.63) is 59.9 Å². The summed E-state index contributed by atoms with van der Waals surface area (Å²) in [5, 5.41) is 21.3. The molecule has 1 aromatic carbocycles. The molecule has 0 amide bonds. The van der Waals surface area contributed by atoms with Crippen LogP contribution in [0.1, 0.15) is 17.3 Å². The first-order valence-electron chi connectivity index (χ1n) is 5.82. The molecule has 1 unspecified atom stereocenters. The normalized spacial score (nSPS) is 12.0. The summed E-state index contributed by atoms with van der Waals surface area (Å²) in [5.74, 6) is -0.855. The fourth-order valence-corrected chi connectivity index (χ4v) is 1.72. The minimum absolute atomic E-state index is 0.0848. The Hall–Kier alpha value is -2.40. The number of hydrogen-bond donors (Lipinski definition) is 3. The van der Waals surface area contributed by atoms with Crippen molar-refractivity contribution in [3.8, 4) is 5.75 Å². The van der Waals surface area contributed by atoms with Crippen LogP contribution < -0.4 is 5.32 Å². The first-order chi connectivity index (χ1) is 9.16. The SMILES string of the molecule is O=C(O)C(NCc1ccc(O)cn1)c1ccccc1. The van der Waals surface area contributed by atoms with Gasteiger partial charge in [0.2, 0.25) is 0 Å². The monoisotopic (exact) mass is 258 g/mol. The van der Waals surface area contributed by atoms with E-state index in [-0.39, 0.29) is 5.75 Å². The first-order valence-corrected chi connectivity index (χ1v) is 5.82. The molecule has 0 aliphatic carbocycles. The largest absolute Gasteiger partial charge is 0.506 e. The van der Waals surface area contributed by atoms with Crippen LogP contribution in [0.4, 0.5) is 0 Å². The number of aromatic hydroxyl groups is 1. The van der Waals surface area contributed by atoms with Crippen LogP contribution in [0.15, 0.2) is 48.7 Å². The molecule has 0 spiro atoms. The minimum Gasteiger partial charge on any atom is -0.506 e. The Morgan fingerprint density at radius 1 is 1.21 bits per heavy atom. The third-order valence-electron chi connectivity index (χ3n) is 2.68. The summed E-state index contributed by atoms with van der Waals surface area (Å²) in [6.45, 7) is 0.312. The number of hydrogen-bond acceptors (Lipinski definition) is 4. The van der Waals surface area contributed by atoms with Gasteiger partial charge in [-0.2, -0.15) is 0 Å². The van der Waals surface area contributed by atoms with E-state index in [0.29, 0.717) is 17.8 Å². The second kappa shape index (κ2) is 5.97. The van der Waals surface area contributed by atoms with Crippen molar-refractivity contribution in [2.45, 2.75) is 12.6 Å². The second-order valence-corrected chi connectivity index (χ2v) is 4.07. The second-order valence-electron chi connectivity index (χ2n) is 4.07. The molecule has 1 heterocycles. The maximum Gasteiger partial charge on any atom is 0.325 e. The number of aromatic nitrogens is 1. The van der Waals surface area contributed by atoms with Crippen molar-refractivity contribution < 1.29 is 15.0 Å². The summed E-state index contributed by atoms with van der Waals surface area (Å²) in [6.07, 6.45) is 1.33. The number of rotatable bonds is 5. The van der Waals surface area contributed by atoms with Gasteiger partial charge >= 0.3 is 5.97 Å². The predicted molar refractivity (Wildman–Crippen MR) is 69.6 cm³/mol. The van der Waals surface area contributed by atoms with Crippen molar-refractivity contribution in [2.75, 3.05) is 0 Å². The zero-order chi connectivity index (χ0) is 13.7. The molecular formula is C14H14N2O3. The van der Waals surface area contributed by atoms with Crippen LogP contribution in [0, 0.1) is 0 Å². The minimum atomic E-state index is -0.940. The van der Waals surface area contributed by atoms with E-state index in [1.807, 2.05) is 6.07 Å². The van der Waals surface area contributed by atoms with Crippen LogP contribution in [0.25, 0.3) is 0 Å². The van der Waals surface area contributed by atoms with E-state index < -0.39 is 12.0 Å². The smallest absolute Gasteiger partial charge is 0.325 e. The number of carboxylic acid groups (broad SMARTS) is 1. The number of nitrogens with zero attached hydrogens (tertiary/aromatic N) is 1. The van der Waals surface area contributed by atoms with Gasteiger partial charge in [0.15, 0.2) is 0 Å². The van der Waals surface area contributed by atoms with Crippen LogP contribution in [0.5, 0.6) is 5.75 Å². The third kappa shape index (κ3) is 3.53. The third-order valence-corrected chi connectivity index (χ3v) is 2.68. The zero-order valence-corrected chi connectivity index (χ0v) is 10.2. The summed E-state index contributed by atoms with van der Waals surface area (Å²) < 4.78 is 0. The molecule has 0 bridgehead atoms. The molecule has 5 heteroatoms. The molecule has 0 saturated heterocycles. The van der Waals surface area contributed by atoms with Gasteiger partial charge in [-0.25, -0.2) is 0 Å². The molecule has 0 aliphatic heterocycles. The van der Waals surface area contributed by atoms with Gasteiger partial charge in [-0.1, -0.05) is 30.3 Å². The Balaban J connectivity index is 2.06. The number of aliphatic carboxylic acids is 1. The van der Waals surface area contributed by atoms with Crippen molar-refractivity contribution in [2.24, 2.45) is 0 Å². The maximum atomic E-state index is 11.3. The Bertz CT molecular complexity index is 540. The van der Waals surface area contributed by atoms with Gasteiger partial charge in [-0.05, 0) is 17.7 Å². The van der Waals surface area contributed by atoms with E-state index in [1.54, 1.807) is 30.3 Å². The average molecular weight is 258 g/mol. The highest BCUT2D eigenvalue weighted by atomic mass is 16.4. The number of pyridine rings is 1. The van der Waals surface area contributed by atoms with Crippen LogP contribution in [0.3, 0.4) is 0 Å². The van der Waals surface area contributed by atoms with E-state index >= 15 is 0 Å². The average Bonchev–Trinajstić information content (AvgIpc) is 2.42. The number of carboxylic acids is 1. The first kappa shape index (κ1) is 13.0. The highest BCUT2D eigenvalue weighted by Gasteiger charge is 2.18. The molecule has 19 heavy (non-hydrogen) atoms. The lowest BCUT2D eigenvalue weighted by molar-refractivity contribution is -0.139. The Kier molecular flexibility index (Phi) is 4.10. The Labute approximate surface area is 110 Å². The summed E-state index contributed by atoms with van der Waals surface area (Å²) in [6, 6.07) is 11.3. The summed E-state index contributed by atoms with van der Waals surface area (Å²) >= 11 is 0. The molecule has 2 aromatic rings. The topological polar surface area (TPSA) is 82.5 Å². The van der Waals surface area contributed by atoms with Gasteiger partial charge < -0.3 is 10.2 Å². The lowest BCUT2D eigenvalue weighted by Crippen LogP contribution is -2.28. The van der Waals surface area contributed by atoms with Crippen LogP contribution >= 0.6 is 0 Å². The molecule has 0 radical (unpaired) electrons. The van der Waals surface area contributed by atoms with E-state index in [9.17, 15) is 9.90 Å². The van der Waals surface area contributed by atoms with Gasteiger partial charge in [0, 0.05) is 6.54 Å². The standard InChI is InChI=1S/C14H14N2O3/c17-12-7-6-11(15-9-12)8-16-13(14(18)19)10-4-2-1-3-5-10/h1-7,9,13,16-17H,8H2,(H,18,19). The van der Waals surface area contributed by atoms with Crippen molar-refractivity contribution in [1.29, 1.82) is 0 Å². The van der Waals surface area contributed by atoms with Crippen LogP contribution in [-0.4, -0.2) is 21.2 Å². The zero-order valence-electron chi connectivity index (χ0n) is 10.2. The van der Waals surface area contributed by atoms with E-state index in [2.05, 4.69) is 10.3 Å². The molecule has 0 saturated carbocycles. The van der Waals surface area contributed by atoms with Gasteiger partial charge in [0.25, 0.3) is 0 Å². The van der Waals surface area contributed by atoms with Crippen LogP contribution in [0.2, 0.25) is 0 Å². The summed E-state index contributed by atoms with van der Waals surface area (Å²) in [7, 11) is 0. The number of nitrogens with one attached hydrogen (secondary N) is 1. The van der Waals surface area contributed by atoms with Crippen molar-refractivity contribution >= 4 is 5.97 Å². The fourth-order valence-electron chi connectivity index (χ4n) is 1.72. The highest BCUT2D eigenvalue weighted by molar-refractivity contribution is 5.75. The maximum absolute atomic E-state index is 11.3. The Morgan fingerprint density at radius 2 is 1.95 bits per heavy atom. The van der Waals surface area contributed by atoms with Crippen molar-refractivity contribution in [1.82, 2.24) is 10.3 Å². The molecule has 2 rings (SSSR count). The van der Waals surface area contributed by atoms with E-state index in [4.69, 9.17) is 5.11 Å². The molecule has 0 fully saturated rings. The Morgan fingerprint density at radius 3 is 2.53 bits per heavy atom. The van der Waals surface area contributed by atoms with Gasteiger partial charge in [-0.15, -0.1) is 0 Å². The molecule has 98 valence electrons. The van der Waals surface area contributed by atoms with Gasteiger partial charge in [0.1, 0.15) is 11.8 Å². The van der Waals surface area contributed by atoms with Crippen LogP contribution in [-0.2, 0) is 11.3 Å². The molecule has 0 aliphatic rings. The number of carbonyl (C=O) groups is 1. The molecule has 1 aromatic heterocycles. The molecule has 3 N–H and O–H groups in total. The summed E-state index contributed by atoms with van der Waals surface area (Å²) in [4.78, 5) is 15.3. The molecule has 1 atom stereocenters.